The zero-order valence-corrected chi connectivity index (χ0v) is 20.7. The molecular weight excluding hydrogens is 456 g/mol. The summed E-state index contributed by atoms with van der Waals surface area (Å²) in [4.78, 5) is 24.8. The van der Waals surface area contributed by atoms with Crippen LogP contribution in [-0.4, -0.2) is 57.4 Å². The minimum atomic E-state index is -3.72. The largest absolute Gasteiger partial charge is 0.497 e. The van der Waals surface area contributed by atoms with Gasteiger partial charge in [-0.05, 0) is 68.5 Å². The molecule has 1 unspecified atom stereocenters. The summed E-state index contributed by atoms with van der Waals surface area (Å²) in [6.45, 7) is 4.01. The molecule has 0 saturated carbocycles. The number of carbonyl (C=O) groups excluding carboxylic acids is 2. The SMILES string of the molecule is COc1ccc(CCNC(=O)COC(=O)c2cc(S(=O)(=O)N3CCCCC3C)ccc2C)cc1. The molecule has 1 fully saturated rings. The van der Waals surface area contributed by atoms with Gasteiger partial charge in [0.25, 0.3) is 5.91 Å². The third kappa shape index (κ3) is 6.36. The Morgan fingerprint density at radius 1 is 1.12 bits per heavy atom. The average Bonchev–Trinajstić information content (AvgIpc) is 2.83. The second-order valence-electron chi connectivity index (χ2n) is 8.46. The molecule has 0 spiro atoms. The van der Waals surface area contributed by atoms with Crippen LogP contribution in [-0.2, 0) is 26.0 Å². The predicted octanol–water partition coefficient (Wildman–Crippen LogP) is 3.08. The van der Waals surface area contributed by atoms with Crippen molar-refractivity contribution in [3.05, 3.63) is 59.2 Å². The van der Waals surface area contributed by atoms with E-state index in [-0.39, 0.29) is 16.5 Å². The van der Waals surface area contributed by atoms with E-state index in [0.717, 1.165) is 30.6 Å². The van der Waals surface area contributed by atoms with Gasteiger partial charge in [0.2, 0.25) is 10.0 Å². The summed E-state index contributed by atoms with van der Waals surface area (Å²) in [5.41, 5.74) is 1.75. The van der Waals surface area contributed by atoms with Crippen molar-refractivity contribution in [2.75, 3.05) is 26.8 Å². The Hall–Kier alpha value is -2.91. The Morgan fingerprint density at radius 2 is 1.85 bits per heavy atom. The molecule has 184 valence electrons. The Balaban J connectivity index is 1.56. The number of carbonyl (C=O) groups is 2. The van der Waals surface area contributed by atoms with Crippen molar-refractivity contribution in [3.8, 4) is 5.75 Å². The van der Waals surface area contributed by atoms with Crippen LogP contribution in [0.2, 0.25) is 0 Å². The number of amides is 1. The highest BCUT2D eigenvalue weighted by Crippen LogP contribution is 2.26. The van der Waals surface area contributed by atoms with E-state index >= 15 is 0 Å². The van der Waals surface area contributed by atoms with Crippen molar-refractivity contribution in [2.45, 2.75) is 50.5 Å². The lowest BCUT2D eigenvalue weighted by atomic mass is 10.1. The van der Waals surface area contributed by atoms with Gasteiger partial charge in [0, 0.05) is 19.1 Å². The second kappa shape index (κ2) is 11.5. The zero-order chi connectivity index (χ0) is 24.7. The van der Waals surface area contributed by atoms with Gasteiger partial charge >= 0.3 is 5.97 Å². The summed E-state index contributed by atoms with van der Waals surface area (Å²) in [7, 11) is -2.12. The molecule has 1 aliphatic rings. The first-order valence-electron chi connectivity index (χ1n) is 11.4. The van der Waals surface area contributed by atoms with Gasteiger partial charge in [-0.15, -0.1) is 0 Å². The minimum absolute atomic E-state index is 0.0581. The van der Waals surface area contributed by atoms with Crippen LogP contribution in [0.25, 0.3) is 0 Å². The normalized spacial score (nSPS) is 16.6. The number of ether oxygens (including phenoxy) is 2. The molecule has 0 aliphatic carbocycles. The van der Waals surface area contributed by atoms with E-state index in [4.69, 9.17) is 9.47 Å². The third-order valence-electron chi connectivity index (χ3n) is 6.01. The lowest BCUT2D eigenvalue weighted by Gasteiger charge is -2.32. The first kappa shape index (κ1) is 25.7. The van der Waals surface area contributed by atoms with Crippen LogP contribution in [0.15, 0.2) is 47.4 Å². The molecule has 0 bridgehead atoms. The first-order chi connectivity index (χ1) is 16.2. The molecule has 1 aliphatic heterocycles. The number of sulfonamides is 1. The van der Waals surface area contributed by atoms with Crippen LogP contribution in [0, 0.1) is 6.92 Å². The smallest absolute Gasteiger partial charge is 0.338 e. The molecule has 0 radical (unpaired) electrons. The number of aryl methyl sites for hydroxylation is 1. The fourth-order valence-electron chi connectivity index (χ4n) is 3.94. The molecule has 9 heteroatoms. The van der Waals surface area contributed by atoms with Crippen molar-refractivity contribution in [1.29, 1.82) is 0 Å². The maximum atomic E-state index is 13.1. The zero-order valence-electron chi connectivity index (χ0n) is 19.9. The maximum Gasteiger partial charge on any atom is 0.338 e. The van der Waals surface area contributed by atoms with Gasteiger partial charge in [0.05, 0.1) is 17.6 Å². The van der Waals surface area contributed by atoms with Gasteiger partial charge in [-0.2, -0.15) is 4.31 Å². The van der Waals surface area contributed by atoms with Crippen molar-refractivity contribution in [3.63, 3.8) is 0 Å². The summed E-state index contributed by atoms with van der Waals surface area (Å²) in [5, 5.41) is 2.71. The van der Waals surface area contributed by atoms with E-state index in [0.29, 0.717) is 25.1 Å². The van der Waals surface area contributed by atoms with E-state index in [2.05, 4.69) is 5.32 Å². The van der Waals surface area contributed by atoms with Crippen LogP contribution in [0.4, 0.5) is 0 Å². The molecule has 1 saturated heterocycles. The number of hydrogen-bond acceptors (Lipinski definition) is 6. The van der Waals surface area contributed by atoms with Crippen molar-refractivity contribution < 1.29 is 27.5 Å². The fourth-order valence-corrected chi connectivity index (χ4v) is 5.67. The topological polar surface area (TPSA) is 102 Å². The van der Waals surface area contributed by atoms with Crippen molar-refractivity contribution in [1.82, 2.24) is 9.62 Å². The van der Waals surface area contributed by atoms with Gasteiger partial charge in [-0.1, -0.05) is 24.6 Å². The summed E-state index contributed by atoms with van der Waals surface area (Å²) >= 11 is 0. The molecule has 8 nitrogen and oxygen atoms in total. The molecular formula is C25H32N2O6S. The lowest BCUT2D eigenvalue weighted by molar-refractivity contribution is -0.124. The van der Waals surface area contributed by atoms with Crippen LogP contribution < -0.4 is 10.1 Å². The number of esters is 1. The molecule has 2 aromatic rings. The molecule has 1 N–H and O–H groups in total. The summed E-state index contributed by atoms with van der Waals surface area (Å²) in [5.74, 6) is -0.394. The minimum Gasteiger partial charge on any atom is -0.497 e. The molecule has 3 rings (SSSR count). The third-order valence-corrected chi connectivity index (χ3v) is 8.02. The van der Waals surface area contributed by atoms with Crippen molar-refractivity contribution >= 4 is 21.9 Å². The van der Waals surface area contributed by atoms with Crippen LogP contribution in [0.5, 0.6) is 5.75 Å². The van der Waals surface area contributed by atoms with E-state index in [9.17, 15) is 18.0 Å². The maximum absolute atomic E-state index is 13.1. The number of nitrogens with zero attached hydrogens (tertiary/aromatic N) is 1. The number of methoxy groups -OCH3 is 1. The second-order valence-corrected chi connectivity index (χ2v) is 10.4. The van der Waals surface area contributed by atoms with E-state index in [1.807, 2.05) is 31.2 Å². The first-order valence-corrected chi connectivity index (χ1v) is 12.9. The van der Waals surface area contributed by atoms with Crippen LogP contribution in [0.1, 0.15) is 47.7 Å². The van der Waals surface area contributed by atoms with E-state index < -0.39 is 28.5 Å². The highest BCUT2D eigenvalue weighted by molar-refractivity contribution is 7.89. The number of rotatable bonds is 9. The van der Waals surface area contributed by atoms with Crippen LogP contribution in [0.3, 0.4) is 0 Å². The fraction of sp³-hybridized carbons (Fsp3) is 0.440. The Labute approximate surface area is 201 Å². The molecule has 1 atom stereocenters. The summed E-state index contributed by atoms with van der Waals surface area (Å²) in [6, 6.07) is 11.9. The average molecular weight is 489 g/mol. The molecule has 34 heavy (non-hydrogen) atoms. The van der Waals surface area contributed by atoms with E-state index in [1.165, 1.54) is 16.4 Å². The number of nitrogens with one attached hydrogen (secondary N) is 1. The Kier molecular flexibility index (Phi) is 8.68. The Morgan fingerprint density at radius 3 is 2.53 bits per heavy atom. The van der Waals surface area contributed by atoms with Gasteiger partial charge in [0.15, 0.2) is 6.61 Å². The van der Waals surface area contributed by atoms with Gasteiger partial charge in [-0.25, -0.2) is 13.2 Å². The molecule has 2 aromatic carbocycles. The van der Waals surface area contributed by atoms with Gasteiger partial charge < -0.3 is 14.8 Å². The molecule has 0 aromatic heterocycles. The van der Waals surface area contributed by atoms with E-state index in [1.54, 1.807) is 20.1 Å². The van der Waals surface area contributed by atoms with Crippen molar-refractivity contribution in [2.24, 2.45) is 0 Å². The quantitative estimate of drug-likeness (QED) is 0.545. The van der Waals surface area contributed by atoms with Crippen LogP contribution >= 0.6 is 0 Å². The lowest BCUT2D eigenvalue weighted by Crippen LogP contribution is -2.42. The number of benzene rings is 2. The summed E-state index contributed by atoms with van der Waals surface area (Å²) < 4.78 is 38.0. The monoisotopic (exact) mass is 488 g/mol. The standard InChI is InChI=1S/C25H32N2O6S/c1-18-7-12-22(34(30,31)27-15-5-4-6-19(27)2)16-23(18)25(29)33-17-24(28)26-14-13-20-8-10-21(32-3)11-9-20/h7-12,16,19H,4-6,13-15,17H2,1-3H3,(H,26,28). The van der Waals surface area contributed by atoms with Gasteiger partial charge in [0.1, 0.15) is 5.75 Å². The summed E-state index contributed by atoms with van der Waals surface area (Å²) in [6.07, 6.45) is 3.25. The molecule has 1 heterocycles. The molecule has 1 amide bonds. The predicted molar refractivity (Wildman–Crippen MR) is 128 cm³/mol. The highest BCUT2D eigenvalue weighted by Gasteiger charge is 2.31. The number of hydrogen-bond donors (Lipinski definition) is 1. The highest BCUT2D eigenvalue weighted by atomic mass is 32.2. The Bertz CT molecular complexity index is 1110. The number of piperidine rings is 1. The van der Waals surface area contributed by atoms with Gasteiger partial charge in [-0.3, -0.25) is 4.79 Å².